The van der Waals surface area contributed by atoms with Gasteiger partial charge in [-0.1, -0.05) is 0 Å². The molecule has 2 aromatic rings. The fourth-order valence-electron chi connectivity index (χ4n) is 2.00. The molecule has 1 amide bonds. The number of nitrogens with one attached hydrogen (secondary N) is 1. The first-order valence-corrected chi connectivity index (χ1v) is 8.02. The Morgan fingerprint density at radius 3 is 2.76 bits per heavy atom. The van der Waals surface area contributed by atoms with Crippen molar-refractivity contribution in [3.05, 3.63) is 53.5 Å². The van der Waals surface area contributed by atoms with Crippen LogP contribution in [0.4, 0.5) is 8.78 Å². The van der Waals surface area contributed by atoms with Crippen molar-refractivity contribution in [1.82, 2.24) is 5.32 Å². The van der Waals surface area contributed by atoms with Crippen LogP contribution in [0.3, 0.4) is 0 Å². The number of rotatable bonds is 9. The van der Waals surface area contributed by atoms with Crippen molar-refractivity contribution in [2.24, 2.45) is 0 Å². The average molecular weight is 353 g/mol. The first-order valence-electron chi connectivity index (χ1n) is 8.02. The molecule has 0 unspecified atom stereocenters. The Balaban J connectivity index is 1.78. The summed E-state index contributed by atoms with van der Waals surface area (Å²) in [5.74, 6) is -1.41. The largest absolute Gasteiger partial charge is 0.483 e. The molecule has 0 saturated carbocycles. The van der Waals surface area contributed by atoms with Crippen molar-refractivity contribution in [1.29, 1.82) is 0 Å². The molecule has 5 nitrogen and oxygen atoms in total. The number of carbonyl (C=O) groups is 1. The van der Waals surface area contributed by atoms with Gasteiger partial charge in [-0.25, -0.2) is 8.78 Å². The summed E-state index contributed by atoms with van der Waals surface area (Å²) in [4.78, 5) is 11.9. The standard InChI is InChI=1S/C18H21F2NO4/c1-12(2)23-9-3-8-21-18(22)17-7-5-14(25-17)11-24-16-6-4-13(19)10-15(16)20/h4-7,10,12H,3,8-9,11H2,1-2H3,(H,21,22). The predicted octanol–water partition coefficient (Wildman–Crippen LogP) is 3.68. The van der Waals surface area contributed by atoms with Gasteiger partial charge in [0.25, 0.3) is 5.91 Å². The van der Waals surface area contributed by atoms with E-state index in [0.717, 1.165) is 12.1 Å². The number of amides is 1. The van der Waals surface area contributed by atoms with Crippen molar-refractivity contribution >= 4 is 5.91 Å². The van der Waals surface area contributed by atoms with E-state index in [9.17, 15) is 13.6 Å². The molecule has 0 spiro atoms. The summed E-state index contributed by atoms with van der Waals surface area (Å²) in [7, 11) is 0. The average Bonchev–Trinajstić information content (AvgIpc) is 3.02. The molecular weight excluding hydrogens is 332 g/mol. The van der Waals surface area contributed by atoms with Gasteiger partial charge >= 0.3 is 0 Å². The molecule has 0 fully saturated rings. The number of carbonyl (C=O) groups excluding carboxylic acids is 1. The van der Waals surface area contributed by atoms with Gasteiger partial charge in [-0.05, 0) is 44.5 Å². The summed E-state index contributed by atoms with van der Waals surface area (Å²) in [5.41, 5.74) is 0. The van der Waals surface area contributed by atoms with Crippen LogP contribution in [0.15, 0.2) is 34.7 Å². The van der Waals surface area contributed by atoms with Crippen LogP contribution >= 0.6 is 0 Å². The predicted molar refractivity (Wildman–Crippen MR) is 87.4 cm³/mol. The summed E-state index contributed by atoms with van der Waals surface area (Å²) < 4.78 is 42.3. The monoisotopic (exact) mass is 353 g/mol. The highest BCUT2D eigenvalue weighted by Crippen LogP contribution is 2.19. The van der Waals surface area contributed by atoms with Crippen molar-refractivity contribution in [3.8, 4) is 5.75 Å². The second kappa shape index (κ2) is 9.17. The summed E-state index contributed by atoms with van der Waals surface area (Å²) >= 11 is 0. The van der Waals surface area contributed by atoms with Crippen LogP contribution in [0.1, 0.15) is 36.6 Å². The zero-order valence-electron chi connectivity index (χ0n) is 14.2. The maximum absolute atomic E-state index is 13.5. The molecule has 0 atom stereocenters. The van der Waals surface area contributed by atoms with Gasteiger partial charge in [-0.2, -0.15) is 0 Å². The third-order valence-electron chi connectivity index (χ3n) is 3.21. The van der Waals surface area contributed by atoms with Gasteiger partial charge in [0.15, 0.2) is 17.3 Å². The van der Waals surface area contributed by atoms with E-state index < -0.39 is 11.6 Å². The molecule has 0 aliphatic carbocycles. The van der Waals surface area contributed by atoms with Gasteiger partial charge in [0.2, 0.25) is 0 Å². The number of hydrogen-bond donors (Lipinski definition) is 1. The molecule has 0 aliphatic rings. The minimum Gasteiger partial charge on any atom is -0.483 e. The lowest BCUT2D eigenvalue weighted by Crippen LogP contribution is -2.25. The number of hydrogen-bond acceptors (Lipinski definition) is 4. The normalized spacial score (nSPS) is 10.9. The summed E-state index contributed by atoms with van der Waals surface area (Å²) in [6.45, 7) is 4.86. The van der Waals surface area contributed by atoms with E-state index in [4.69, 9.17) is 13.9 Å². The Hall–Kier alpha value is -2.41. The van der Waals surface area contributed by atoms with E-state index in [2.05, 4.69) is 5.32 Å². The fraction of sp³-hybridized carbons (Fsp3) is 0.389. The van der Waals surface area contributed by atoms with Crippen LogP contribution in [0.5, 0.6) is 5.75 Å². The summed E-state index contributed by atoms with van der Waals surface area (Å²) in [6.07, 6.45) is 0.860. The maximum atomic E-state index is 13.5. The molecule has 2 rings (SSSR count). The Kier molecular flexibility index (Phi) is 6.94. The molecule has 25 heavy (non-hydrogen) atoms. The van der Waals surface area contributed by atoms with Gasteiger partial charge in [-0.15, -0.1) is 0 Å². The van der Waals surface area contributed by atoms with Crippen LogP contribution in [0.25, 0.3) is 0 Å². The summed E-state index contributed by atoms with van der Waals surface area (Å²) in [5, 5.41) is 2.72. The molecule has 0 aliphatic heterocycles. The lowest BCUT2D eigenvalue weighted by Gasteiger charge is -2.07. The van der Waals surface area contributed by atoms with Gasteiger partial charge in [-0.3, -0.25) is 4.79 Å². The van der Waals surface area contributed by atoms with E-state index in [1.54, 1.807) is 6.07 Å². The van der Waals surface area contributed by atoms with E-state index in [0.29, 0.717) is 25.3 Å². The quantitative estimate of drug-likeness (QED) is 0.699. The van der Waals surface area contributed by atoms with Crippen LogP contribution in [-0.4, -0.2) is 25.2 Å². The zero-order chi connectivity index (χ0) is 18.2. The third kappa shape index (κ3) is 6.19. The first kappa shape index (κ1) is 18.9. The number of benzene rings is 1. The van der Waals surface area contributed by atoms with Crippen LogP contribution in [-0.2, 0) is 11.3 Å². The van der Waals surface area contributed by atoms with E-state index in [1.807, 2.05) is 13.8 Å². The number of ether oxygens (including phenoxy) is 2. The highest BCUT2D eigenvalue weighted by molar-refractivity contribution is 5.91. The molecule has 0 saturated heterocycles. The van der Waals surface area contributed by atoms with E-state index in [-0.39, 0.29) is 30.1 Å². The molecule has 1 N–H and O–H groups in total. The molecular formula is C18H21F2NO4. The Morgan fingerprint density at radius 2 is 2.04 bits per heavy atom. The molecule has 1 aromatic carbocycles. The molecule has 0 radical (unpaired) electrons. The van der Waals surface area contributed by atoms with Gasteiger partial charge in [0.05, 0.1) is 6.10 Å². The Labute approximate surface area is 144 Å². The summed E-state index contributed by atoms with van der Waals surface area (Å²) in [6, 6.07) is 6.11. The first-order chi connectivity index (χ1) is 12.0. The van der Waals surface area contributed by atoms with Crippen molar-refractivity contribution in [2.45, 2.75) is 33.0 Å². The highest BCUT2D eigenvalue weighted by atomic mass is 19.1. The Bertz CT molecular complexity index is 700. The third-order valence-corrected chi connectivity index (χ3v) is 3.21. The molecule has 1 aromatic heterocycles. The lowest BCUT2D eigenvalue weighted by molar-refractivity contribution is 0.0753. The number of halogens is 2. The second-order valence-corrected chi connectivity index (χ2v) is 5.66. The fourth-order valence-corrected chi connectivity index (χ4v) is 2.00. The van der Waals surface area contributed by atoms with Crippen LogP contribution < -0.4 is 10.1 Å². The highest BCUT2D eigenvalue weighted by Gasteiger charge is 2.12. The van der Waals surface area contributed by atoms with Crippen molar-refractivity contribution in [2.75, 3.05) is 13.2 Å². The second-order valence-electron chi connectivity index (χ2n) is 5.66. The topological polar surface area (TPSA) is 60.7 Å². The molecule has 1 heterocycles. The van der Waals surface area contributed by atoms with E-state index >= 15 is 0 Å². The smallest absolute Gasteiger partial charge is 0.286 e. The molecule has 7 heteroatoms. The minimum absolute atomic E-state index is 0.0714. The zero-order valence-corrected chi connectivity index (χ0v) is 14.2. The maximum Gasteiger partial charge on any atom is 0.286 e. The van der Waals surface area contributed by atoms with Gasteiger partial charge in [0, 0.05) is 19.2 Å². The Morgan fingerprint density at radius 1 is 1.24 bits per heavy atom. The van der Waals surface area contributed by atoms with E-state index in [1.165, 1.54) is 12.1 Å². The molecule has 136 valence electrons. The SMILES string of the molecule is CC(C)OCCCNC(=O)c1ccc(COc2ccc(F)cc2F)o1. The van der Waals surface area contributed by atoms with Gasteiger partial charge in [0.1, 0.15) is 18.2 Å². The minimum atomic E-state index is -0.798. The van der Waals surface area contributed by atoms with Gasteiger partial charge < -0.3 is 19.2 Å². The van der Waals surface area contributed by atoms with Crippen LogP contribution in [0.2, 0.25) is 0 Å². The number of furan rings is 1. The van der Waals surface area contributed by atoms with Crippen molar-refractivity contribution in [3.63, 3.8) is 0 Å². The van der Waals surface area contributed by atoms with Crippen LogP contribution in [0, 0.1) is 11.6 Å². The molecule has 0 bridgehead atoms. The lowest BCUT2D eigenvalue weighted by atomic mass is 10.3. The van der Waals surface area contributed by atoms with Crippen molar-refractivity contribution < 1.29 is 27.5 Å².